The van der Waals surface area contributed by atoms with Crippen LogP contribution in [0.1, 0.15) is 35.1 Å². The Morgan fingerprint density at radius 3 is 2.70 bits per heavy atom. The molecule has 0 aliphatic heterocycles. The Labute approximate surface area is 162 Å². The number of rotatable bonds is 2. The lowest BCUT2D eigenvalue weighted by molar-refractivity contribution is 0.397. The molecule has 0 spiro atoms. The van der Waals surface area contributed by atoms with Crippen molar-refractivity contribution in [2.24, 2.45) is 0 Å². The largest absolute Gasteiger partial charge is 0.480 e. The van der Waals surface area contributed by atoms with Gasteiger partial charge in [-0.15, -0.1) is 11.3 Å². The highest BCUT2D eigenvalue weighted by atomic mass is 32.1. The number of aromatic nitrogens is 3. The van der Waals surface area contributed by atoms with Crippen molar-refractivity contribution in [1.29, 1.82) is 0 Å². The average molecular weight is 375 g/mol. The van der Waals surface area contributed by atoms with E-state index in [9.17, 15) is 0 Å². The van der Waals surface area contributed by atoms with Gasteiger partial charge in [-0.1, -0.05) is 6.07 Å². The summed E-state index contributed by atoms with van der Waals surface area (Å²) in [4.78, 5) is 14.2. The van der Waals surface area contributed by atoms with Gasteiger partial charge in [0.05, 0.1) is 34.6 Å². The lowest BCUT2D eigenvalue weighted by atomic mass is 9.90. The van der Waals surface area contributed by atoms with Crippen LogP contribution < -0.4 is 4.74 Å². The predicted molar refractivity (Wildman–Crippen MR) is 111 cm³/mol. The second-order valence-electron chi connectivity index (χ2n) is 7.33. The summed E-state index contributed by atoms with van der Waals surface area (Å²) < 4.78 is 6.60. The highest BCUT2D eigenvalue weighted by Crippen LogP contribution is 2.40. The maximum absolute atomic E-state index is 5.25. The van der Waals surface area contributed by atoms with Gasteiger partial charge in [0.1, 0.15) is 5.01 Å². The first kappa shape index (κ1) is 16.6. The van der Waals surface area contributed by atoms with Crippen molar-refractivity contribution in [3.8, 4) is 16.5 Å². The summed E-state index contributed by atoms with van der Waals surface area (Å²) in [7, 11) is 1.62. The molecule has 2 aromatic carbocycles. The number of methoxy groups -OCH3 is 1. The van der Waals surface area contributed by atoms with Gasteiger partial charge in [0.25, 0.3) is 0 Å². The Hall–Kier alpha value is -2.53. The van der Waals surface area contributed by atoms with Crippen molar-refractivity contribution in [2.75, 3.05) is 7.11 Å². The van der Waals surface area contributed by atoms with Gasteiger partial charge < -0.3 is 4.74 Å². The first-order valence-corrected chi connectivity index (χ1v) is 10.2. The van der Waals surface area contributed by atoms with E-state index in [4.69, 9.17) is 9.72 Å². The zero-order valence-corrected chi connectivity index (χ0v) is 16.6. The zero-order chi connectivity index (χ0) is 18.5. The van der Waals surface area contributed by atoms with E-state index in [-0.39, 0.29) is 0 Å². The maximum atomic E-state index is 5.25. The van der Waals surface area contributed by atoms with Crippen LogP contribution in [0, 0.1) is 13.8 Å². The molecule has 0 saturated carbocycles. The highest BCUT2D eigenvalue weighted by molar-refractivity contribution is 7.22. The molecule has 1 aliphatic rings. The molecular weight excluding hydrogens is 354 g/mol. The molecule has 27 heavy (non-hydrogen) atoms. The summed E-state index contributed by atoms with van der Waals surface area (Å²) in [6, 6.07) is 6.57. The summed E-state index contributed by atoms with van der Waals surface area (Å²) in [5.74, 6) is 0.535. The third-order valence-corrected chi connectivity index (χ3v) is 6.53. The van der Waals surface area contributed by atoms with Crippen LogP contribution >= 0.6 is 11.3 Å². The summed E-state index contributed by atoms with van der Waals surface area (Å²) in [5, 5.41) is 1.03. The van der Waals surface area contributed by atoms with Crippen LogP contribution in [-0.4, -0.2) is 22.1 Å². The molecule has 0 atom stereocenters. The number of thiazole rings is 1. The summed E-state index contributed by atoms with van der Waals surface area (Å²) in [6.07, 6.45) is 6.61. The standard InChI is InChI=1S/C22H21N3OS/c1-12-8-16(20-17(9-12)24-18(26-3)11-23-20)22-25-19-13(2)10-14-6-4-5-7-15(14)21(19)27-22/h8-11H,4-7H2,1-3H3. The molecule has 5 rings (SSSR count). The minimum atomic E-state index is 0.535. The van der Waals surface area contributed by atoms with E-state index in [1.807, 2.05) is 0 Å². The molecule has 1 aliphatic carbocycles. The monoisotopic (exact) mass is 375 g/mol. The maximum Gasteiger partial charge on any atom is 0.232 e. The van der Waals surface area contributed by atoms with E-state index < -0.39 is 0 Å². The van der Waals surface area contributed by atoms with Crippen molar-refractivity contribution < 1.29 is 4.74 Å². The van der Waals surface area contributed by atoms with Gasteiger partial charge in [-0.3, -0.25) is 0 Å². The summed E-state index contributed by atoms with van der Waals surface area (Å²) >= 11 is 1.80. The number of aryl methyl sites for hydroxylation is 4. The van der Waals surface area contributed by atoms with Gasteiger partial charge in [0.2, 0.25) is 5.88 Å². The molecule has 0 N–H and O–H groups in total. The van der Waals surface area contributed by atoms with E-state index >= 15 is 0 Å². The number of nitrogens with zero attached hydrogens (tertiary/aromatic N) is 3. The number of fused-ring (bicyclic) bond motifs is 4. The minimum Gasteiger partial charge on any atom is -0.480 e. The molecule has 2 aromatic heterocycles. The number of hydrogen-bond donors (Lipinski definition) is 0. The van der Waals surface area contributed by atoms with Crippen LogP contribution in [0.5, 0.6) is 5.88 Å². The van der Waals surface area contributed by atoms with E-state index in [0.717, 1.165) is 32.7 Å². The number of benzene rings is 2. The first-order chi connectivity index (χ1) is 13.1. The lowest BCUT2D eigenvalue weighted by Crippen LogP contribution is -2.03. The van der Waals surface area contributed by atoms with Crippen LogP contribution in [0.15, 0.2) is 24.4 Å². The van der Waals surface area contributed by atoms with Crippen molar-refractivity contribution >= 4 is 32.6 Å². The molecular formula is C22H21N3OS. The Morgan fingerprint density at radius 1 is 1.00 bits per heavy atom. The topological polar surface area (TPSA) is 47.9 Å². The van der Waals surface area contributed by atoms with Crippen LogP contribution in [0.3, 0.4) is 0 Å². The van der Waals surface area contributed by atoms with Crippen molar-refractivity contribution in [2.45, 2.75) is 39.5 Å². The summed E-state index contributed by atoms with van der Waals surface area (Å²) in [6.45, 7) is 4.27. The molecule has 2 heterocycles. The second-order valence-corrected chi connectivity index (χ2v) is 8.33. The number of hydrogen-bond acceptors (Lipinski definition) is 5. The van der Waals surface area contributed by atoms with E-state index in [1.54, 1.807) is 24.6 Å². The first-order valence-electron chi connectivity index (χ1n) is 9.37. The molecule has 0 fully saturated rings. The van der Waals surface area contributed by atoms with Crippen LogP contribution in [-0.2, 0) is 12.8 Å². The molecule has 4 nitrogen and oxygen atoms in total. The van der Waals surface area contributed by atoms with Gasteiger partial charge in [0, 0.05) is 5.56 Å². The number of ether oxygens (including phenoxy) is 1. The third-order valence-electron chi connectivity index (χ3n) is 5.38. The van der Waals surface area contributed by atoms with Gasteiger partial charge in [0.15, 0.2) is 0 Å². The van der Waals surface area contributed by atoms with Crippen molar-refractivity contribution in [3.63, 3.8) is 0 Å². The van der Waals surface area contributed by atoms with Gasteiger partial charge in [-0.05, 0) is 73.9 Å². The van der Waals surface area contributed by atoms with Gasteiger partial charge >= 0.3 is 0 Å². The molecule has 136 valence electrons. The van der Waals surface area contributed by atoms with E-state index in [1.165, 1.54) is 47.1 Å². The normalized spacial score (nSPS) is 13.9. The van der Waals surface area contributed by atoms with Crippen LogP contribution in [0.2, 0.25) is 0 Å². The summed E-state index contributed by atoms with van der Waals surface area (Å²) in [5.41, 5.74) is 9.39. The smallest absolute Gasteiger partial charge is 0.232 e. The Bertz CT molecular complexity index is 1200. The van der Waals surface area contributed by atoms with E-state index in [0.29, 0.717) is 5.88 Å². The lowest BCUT2D eigenvalue weighted by Gasteiger charge is -2.16. The average Bonchev–Trinajstić information content (AvgIpc) is 3.13. The fraction of sp³-hybridized carbons (Fsp3) is 0.318. The van der Waals surface area contributed by atoms with Crippen molar-refractivity contribution in [3.05, 3.63) is 46.6 Å². The predicted octanol–water partition coefficient (Wildman–Crippen LogP) is 5.41. The zero-order valence-electron chi connectivity index (χ0n) is 15.8. The van der Waals surface area contributed by atoms with Crippen LogP contribution in [0.25, 0.3) is 31.8 Å². The minimum absolute atomic E-state index is 0.535. The fourth-order valence-electron chi connectivity index (χ4n) is 4.09. The Balaban J connectivity index is 1.77. The van der Waals surface area contributed by atoms with E-state index in [2.05, 4.69) is 42.0 Å². The second kappa shape index (κ2) is 6.27. The van der Waals surface area contributed by atoms with Gasteiger partial charge in [-0.2, -0.15) is 0 Å². The molecule has 0 radical (unpaired) electrons. The molecule has 5 heteroatoms. The van der Waals surface area contributed by atoms with Crippen LogP contribution in [0.4, 0.5) is 0 Å². The Morgan fingerprint density at radius 2 is 1.85 bits per heavy atom. The SMILES string of the molecule is COc1cnc2c(-c3nc4c(C)cc5c(c4s3)CCCC5)cc(C)cc2n1. The van der Waals surface area contributed by atoms with Gasteiger partial charge in [-0.25, -0.2) is 15.0 Å². The molecule has 0 amide bonds. The highest BCUT2D eigenvalue weighted by Gasteiger charge is 2.20. The Kier molecular flexibility index (Phi) is 3.86. The molecule has 0 unspecified atom stereocenters. The molecule has 0 saturated heterocycles. The molecule has 0 bridgehead atoms. The molecule has 4 aromatic rings. The fourth-order valence-corrected chi connectivity index (χ4v) is 5.35. The third kappa shape index (κ3) is 2.69. The van der Waals surface area contributed by atoms with Crippen molar-refractivity contribution in [1.82, 2.24) is 15.0 Å². The quantitative estimate of drug-likeness (QED) is 0.470.